The summed E-state index contributed by atoms with van der Waals surface area (Å²) in [5, 5.41) is 12.5. The number of hydrogen-bond acceptors (Lipinski definition) is 4. The van der Waals surface area contributed by atoms with E-state index < -0.39 is 17.3 Å². The first-order valence-electron chi connectivity index (χ1n) is 8.36. The van der Waals surface area contributed by atoms with E-state index in [9.17, 15) is 14.4 Å². The fraction of sp³-hybridized carbons (Fsp3) is 0.588. The number of carboxylic acid groups (broad SMARTS) is 1. The van der Waals surface area contributed by atoms with Crippen molar-refractivity contribution < 1.29 is 19.5 Å². The molecule has 0 aromatic carbocycles. The van der Waals surface area contributed by atoms with Gasteiger partial charge < -0.3 is 16.2 Å². The van der Waals surface area contributed by atoms with Gasteiger partial charge in [-0.15, -0.1) is 11.3 Å². The van der Waals surface area contributed by atoms with Crippen molar-refractivity contribution in [2.75, 3.05) is 5.32 Å². The first kappa shape index (κ1) is 17.0. The van der Waals surface area contributed by atoms with E-state index in [2.05, 4.69) is 5.32 Å². The molecular formula is C17H22N2O4S. The average Bonchev–Trinajstić information content (AvgIpc) is 3.13. The van der Waals surface area contributed by atoms with Crippen LogP contribution in [0.25, 0.3) is 0 Å². The molecule has 130 valence electrons. The molecule has 2 aliphatic carbocycles. The molecule has 0 bridgehead atoms. The molecule has 0 atom stereocenters. The number of nitrogens with one attached hydrogen (secondary N) is 1. The van der Waals surface area contributed by atoms with Crippen LogP contribution < -0.4 is 11.1 Å². The van der Waals surface area contributed by atoms with Gasteiger partial charge in [0.05, 0.1) is 12.0 Å². The predicted molar refractivity (Wildman–Crippen MR) is 91.3 cm³/mol. The quantitative estimate of drug-likeness (QED) is 0.732. The number of aryl methyl sites for hydroxylation is 1. The number of thiophene rings is 1. The molecule has 0 saturated heterocycles. The van der Waals surface area contributed by atoms with Crippen molar-refractivity contribution in [3.05, 3.63) is 16.0 Å². The van der Waals surface area contributed by atoms with E-state index in [1.54, 1.807) is 0 Å². The molecule has 24 heavy (non-hydrogen) atoms. The standard InChI is InChI=1S/C17H22N2O4S/c18-15(23)14-10-4-3-5-11(10)24-16(14)19-12(20)8-17(9-13(21)22)6-1-2-7-17/h1-9H2,(H2,18,23)(H,19,20)(H,21,22). The summed E-state index contributed by atoms with van der Waals surface area (Å²) in [5.74, 6) is -1.59. The number of aliphatic carboxylic acids is 1. The maximum atomic E-state index is 12.5. The van der Waals surface area contributed by atoms with Crippen molar-refractivity contribution in [1.82, 2.24) is 0 Å². The summed E-state index contributed by atoms with van der Waals surface area (Å²) in [6.07, 6.45) is 6.39. The monoisotopic (exact) mass is 350 g/mol. The lowest BCUT2D eigenvalue weighted by molar-refractivity contribution is -0.140. The van der Waals surface area contributed by atoms with Gasteiger partial charge in [0.1, 0.15) is 5.00 Å². The van der Waals surface area contributed by atoms with E-state index in [0.717, 1.165) is 55.4 Å². The minimum Gasteiger partial charge on any atom is -0.481 e. The third-order valence-electron chi connectivity index (χ3n) is 5.15. The number of rotatable bonds is 6. The molecule has 3 rings (SSSR count). The summed E-state index contributed by atoms with van der Waals surface area (Å²) in [7, 11) is 0. The number of carboxylic acids is 1. The fourth-order valence-corrected chi connectivity index (χ4v) is 5.44. The van der Waals surface area contributed by atoms with Crippen LogP contribution in [0.2, 0.25) is 0 Å². The number of anilines is 1. The van der Waals surface area contributed by atoms with Crippen molar-refractivity contribution in [3.63, 3.8) is 0 Å². The SMILES string of the molecule is NC(=O)c1c(NC(=O)CC2(CC(=O)O)CCCC2)sc2c1CCC2. The van der Waals surface area contributed by atoms with E-state index in [4.69, 9.17) is 10.8 Å². The van der Waals surface area contributed by atoms with Gasteiger partial charge in [0.25, 0.3) is 5.91 Å². The molecule has 0 aliphatic heterocycles. The van der Waals surface area contributed by atoms with Crippen molar-refractivity contribution in [3.8, 4) is 0 Å². The van der Waals surface area contributed by atoms with E-state index in [-0.39, 0.29) is 18.7 Å². The third-order valence-corrected chi connectivity index (χ3v) is 6.35. The minimum atomic E-state index is -0.863. The zero-order chi connectivity index (χ0) is 17.3. The normalized spacial score (nSPS) is 18.3. The van der Waals surface area contributed by atoms with Gasteiger partial charge in [-0.1, -0.05) is 12.8 Å². The van der Waals surface area contributed by atoms with E-state index in [1.807, 2.05) is 0 Å². The molecule has 1 heterocycles. The van der Waals surface area contributed by atoms with Gasteiger partial charge in [-0.05, 0) is 43.1 Å². The van der Waals surface area contributed by atoms with E-state index in [1.165, 1.54) is 11.3 Å². The molecule has 0 radical (unpaired) electrons. The Hall–Kier alpha value is -1.89. The smallest absolute Gasteiger partial charge is 0.303 e. The molecule has 0 spiro atoms. The Morgan fingerprint density at radius 3 is 2.46 bits per heavy atom. The largest absolute Gasteiger partial charge is 0.481 e. The first-order valence-corrected chi connectivity index (χ1v) is 9.18. The van der Waals surface area contributed by atoms with Gasteiger partial charge in [-0.25, -0.2) is 0 Å². The number of nitrogens with two attached hydrogens (primary N) is 1. The molecule has 2 amide bonds. The van der Waals surface area contributed by atoms with Crippen LogP contribution >= 0.6 is 11.3 Å². The Labute approximate surface area is 144 Å². The fourth-order valence-electron chi connectivity index (χ4n) is 4.13. The Morgan fingerprint density at radius 2 is 1.83 bits per heavy atom. The number of carbonyl (C=O) groups excluding carboxylic acids is 2. The van der Waals surface area contributed by atoms with Crippen LogP contribution in [0, 0.1) is 5.41 Å². The maximum absolute atomic E-state index is 12.5. The molecule has 1 aromatic rings. The Balaban J connectivity index is 1.75. The van der Waals surface area contributed by atoms with Crippen molar-refractivity contribution in [2.45, 2.75) is 57.8 Å². The number of fused-ring (bicyclic) bond motifs is 1. The second-order valence-corrected chi connectivity index (χ2v) is 8.03. The lowest BCUT2D eigenvalue weighted by atomic mass is 9.79. The van der Waals surface area contributed by atoms with Crippen LogP contribution in [0.5, 0.6) is 0 Å². The van der Waals surface area contributed by atoms with Gasteiger partial charge in [-0.2, -0.15) is 0 Å². The number of primary amides is 1. The minimum absolute atomic E-state index is 0.0179. The van der Waals surface area contributed by atoms with Crippen molar-refractivity contribution >= 4 is 34.1 Å². The van der Waals surface area contributed by atoms with Gasteiger partial charge in [0.2, 0.25) is 5.91 Å². The topological polar surface area (TPSA) is 109 Å². The van der Waals surface area contributed by atoms with Crippen LogP contribution in [0.15, 0.2) is 0 Å². The molecule has 2 aliphatic rings. The molecule has 6 nitrogen and oxygen atoms in total. The Kier molecular flexibility index (Phi) is 4.62. The van der Waals surface area contributed by atoms with Gasteiger partial charge in [-0.3, -0.25) is 14.4 Å². The summed E-state index contributed by atoms with van der Waals surface area (Å²) in [4.78, 5) is 36.6. The number of amides is 2. The van der Waals surface area contributed by atoms with E-state index >= 15 is 0 Å². The van der Waals surface area contributed by atoms with E-state index in [0.29, 0.717) is 10.6 Å². The highest BCUT2D eigenvalue weighted by Crippen LogP contribution is 2.45. The summed E-state index contributed by atoms with van der Waals surface area (Å²) in [5.41, 5.74) is 6.47. The maximum Gasteiger partial charge on any atom is 0.303 e. The molecule has 1 aromatic heterocycles. The summed E-state index contributed by atoms with van der Waals surface area (Å²) in [6.45, 7) is 0. The molecule has 7 heteroatoms. The van der Waals surface area contributed by atoms with Gasteiger partial charge in [0.15, 0.2) is 0 Å². The lowest BCUT2D eigenvalue weighted by Crippen LogP contribution is -2.28. The number of carbonyl (C=O) groups is 3. The predicted octanol–water partition coefficient (Wildman–Crippen LogP) is 2.70. The third kappa shape index (κ3) is 3.31. The van der Waals surface area contributed by atoms with Crippen LogP contribution in [0.3, 0.4) is 0 Å². The first-order chi connectivity index (χ1) is 11.4. The Bertz CT molecular complexity index is 689. The van der Waals surface area contributed by atoms with Crippen LogP contribution in [0.1, 0.15) is 65.7 Å². The zero-order valence-electron chi connectivity index (χ0n) is 13.5. The highest BCUT2D eigenvalue weighted by molar-refractivity contribution is 7.17. The lowest BCUT2D eigenvalue weighted by Gasteiger charge is -2.26. The van der Waals surface area contributed by atoms with Crippen molar-refractivity contribution in [2.24, 2.45) is 11.1 Å². The molecule has 1 saturated carbocycles. The van der Waals surface area contributed by atoms with Crippen LogP contribution in [-0.2, 0) is 22.4 Å². The van der Waals surface area contributed by atoms with Crippen molar-refractivity contribution in [1.29, 1.82) is 0 Å². The van der Waals surface area contributed by atoms with Crippen LogP contribution in [-0.4, -0.2) is 22.9 Å². The zero-order valence-corrected chi connectivity index (χ0v) is 14.3. The highest BCUT2D eigenvalue weighted by atomic mass is 32.1. The molecular weight excluding hydrogens is 328 g/mol. The molecule has 1 fully saturated rings. The summed E-state index contributed by atoms with van der Waals surface area (Å²) in [6, 6.07) is 0. The summed E-state index contributed by atoms with van der Waals surface area (Å²) >= 11 is 1.43. The summed E-state index contributed by atoms with van der Waals surface area (Å²) < 4.78 is 0. The number of hydrogen-bond donors (Lipinski definition) is 3. The second-order valence-electron chi connectivity index (χ2n) is 6.93. The highest BCUT2D eigenvalue weighted by Gasteiger charge is 2.38. The Morgan fingerprint density at radius 1 is 1.12 bits per heavy atom. The second kappa shape index (κ2) is 6.55. The molecule has 0 unspecified atom stereocenters. The average molecular weight is 350 g/mol. The van der Waals surface area contributed by atoms with Gasteiger partial charge >= 0.3 is 5.97 Å². The van der Waals surface area contributed by atoms with Crippen LogP contribution in [0.4, 0.5) is 5.00 Å². The van der Waals surface area contributed by atoms with Gasteiger partial charge in [0, 0.05) is 11.3 Å². The molecule has 4 N–H and O–H groups in total.